The van der Waals surface area contributed by atoms with Crippen molar-refractivity contribution in [1.29, 1.82) is 0 Å². The van der Waals surface area contributed by atoms with E-state index in [1.165, 1.54) is 37.2 Å². The van der Waals surface area contributed by atoms with Crippen LogP contribution in [-0.2, 0) is 0 Å². The normalized spacial score (nSPS) is 27.5. The minimum Gasteiger partial charge on any atom is -0.356 e. The molecule has 1 aromatic heterocycles. The third-order valence-electron chi connectivity index (χ3n) is 2.68. The summed E-state index contributed by atoms with van der Waals surface area (Å²) in [6, 6.07) is 0.590. The van der Waals surface area contributed by atoms with E-state index in [0.29, 0.717) is 6.04 Å². The molecule has 3 nitrogen and oxygen atoms in total. The van der Waals surface area contributed by atoms with Gasteiger partial charge >= 0.3 is 0 Å². The highest BCUT2D eigenvalue weighted by atomic mass is 32.2. The van der Waals surface area contributed by atoms with E-state index in [1.54, 1.807) is 6.33 Å². The molecule has 2 atom stereocenters. The number of hydrogen-bond donors (Lipinski definition) is 1. The first-order valence-electron chi connectivity index (χ1n) is 4.96. The molecule has 0 bridgehead atoms. The van der Waals surface area contributed by atoms with Crippen LogP contribution in [0.25, 0.3) is 0 Å². The second kappa shape index (κ2) is 4.98. The monoisotopic (exact) mass is 229 g/mol. The lowest BCUT2D eigenvalue weighted by molar-refractivity contribution is 0.475. The molecule has 1 saturated carbocycles. The van der Waals surface area contributed by atoms with Gasteiger partial charge in [0.25, 0.3) is 0 Å². The fraction of sp³-hybridized carbons (Fsp3) is 0.778. The predicted molar refractivity (Wildman–Crippen MR) is 63.1 cm³/mol. The second-order valence-corrected chi connectivity index (χ2v) is 5.41. The highest BCUT2D eigenvalue weighted by Crippen LogP contribution is 2.29. The average molecular weight is 229 g/mol. The van der Waals surface area contributed by atoms with Crippen molar-refractivity contribution in [2.75, 3.05) is 11.6 Å². The molecule has 14 heavy (non-hydrogen) atoms. The first-order chi connectivity index (χ1) is 6.90. The van der Waals surface area contributed by atoms with Crippen LogP contribution in [0.2, 0.25) is 0 Å². The Bertz CT molecular complexity index is 263. The summed E-state index contributed by atoms with van der Waals surface area (Å²) in [5.74, 6) is 0. The van der Waals surface area contributed by atoms with Crippen LogP contribution in [-0.4, -0.2) is 26.9 Å². The van der Waals surface area contributed by atoms with Crippen LogP contribution < -0.4 is 5.32 Å². The van der Waals surface area contributed by atoms with E-state index in [2.05, 4.69) is 20.9 Å². The molecule has 1 fully saturated rings. The van der Waals surface area contributed by atoms with E-state index < -0.39 is 0 Å². The van der Waals surface area contributed by atoms with E-state index in [1.807, 2.05) is 11.8 Å². The summed E-state index contributed by atoms with van der Waals surface area (Å²) < 4.78 is 4.00. The third kappa shape index (κ3) is 2.39. The van der Waals surface area contributed by atoms with Gasteiger partial charge in [0.05, 0.1) is 0 Å². The minimum absolute atomic E-state index is 0.590. The van der Waals surface area contributed by atoms with Crippen molar-refractivity contribution in [2.24, 2.45) is 0 Å². The highest BCUT2D eigenvalue weighted by Gasteiger charge is 2.24. The van der Waals surface area contributed by atoms with E-state index in [-0.39, 0.29) is 0 Å². The van der Waals surface area contributed by atoms with Crippen LogP contribution >= 0.6 is 23.3 Å². The summed E-state index contributed by atoms with van der Waals surface area (Å²) in [7, 11) is 0. The molecular formula is C9H15N3S2. The van der Waals surface area contributed by atoms with Crippen LogP contribution in [0.3, 0.4) is 0 Å². The van der Waals surface area contributed by atoms with Crippen LogP contribution in [0.1, 0.15) is 25.7 Å². The van der Waals surface area contributed by atoms with Gasteiger partial charge in [-0.25, -0.2) is 4.98 Å². The van der Waals surface area contributed by atoms with Gasteiger partial charge in [-0.2, -0.15) is 16.1 Å². The standard InChI is InChI=1S/C9H15N3S2/c1-13-8-5-3-2-4-7(8)12-9-10-6-11-14-9/h6-8H,2-5H2,1H3,(H,10,11,12). The van der Waals surface area contributed by atoms with Crippen molar-refractivity contribution in [1.82, 2.24) is 9.36 Å². The van der Waals surface area contributed by atoms with Gasteiger partial charge in [0.2, 0.25) is 5.13 Å². The van der Waals surface area contributed by atoms with E-state index in [0.717, 1.165) is 10.4 Å². The second-order valence-electron chi connectivity index (χ2n) is 3.56. The number of hydrogen-bond acceptors (Lipinski definition) is 5. The Balaban J connectivity index is 1.94. The Kier molecular flexibility index (Phi) is 3.64. The van der Waals surface area contributed by atoms with Crippen LogP contribution in [0.5, 0.6) is 0 Å². The van der Waals surface area contributed by atoms with Gasteiger partial charge in [0.1, 0.15) is 6.33 Å². The lowest BCUT2D eigenvalue weighted by Gasteiger charge is -2.30. The van der Waals surface area contributed by atoms with Crippen molar-refractivity contribution >= 4 is 28.4 Å². The highest BCUT2D eigenvalue weighted by molar-refractivity contribution is 7.99. The molecule has 1 aliphatic rings. The molecule has 1 heterocycles. The molecule has 0 spiro atoms. The topological polar surface area (TPSA) is 37.8 Å². The third-order valence-corrected chi connectivity index (χ3v) is 4.44. The summed E-state index contributed by atoms with van der Waals surface area (Å²) in [4.78, 5) is 4.17. The molecular weight excluding hydrogens is 214 g/mol. The van der Waals surface area contributed by atoms with Crippen molar-refractivity contribution in [3.63, 3.8) is 0 Å². The van der Waals surface area contributed by atoms with Crippen molar-refractivity contribution < 1.29 is 0 Å². The minimum atomic E-state index is 0.590. The number of anilines is 1. The first-order valence-corrected chi connectivity index (χ1v) is 7.02. The molecule has 0 radical (unpaired) electrons. The smallest absolute Gasteiger partial charge is 0.202 e. The Morgan fingerprint density at radius 2 is 2.36 bits per heavy atom. The molecule has 2 unspecified atom stereocenters. The molecule has 1 aromatic rings. The summed E-state index contributed by atoms with van der Waals surface area (Å²) in [6.07, 6.45) is 9.13. The van der Waals surface area contributed by atoms with Crippen LogP contribution in [0.4, 0.5) is 5.13 Å². The number of thioether (sulfide) groups is 1. The fourth-order valence-electron chi connectivity index (χ4n) is 1.94. The Hall–Kier alpha value is -0.290. The van der Waals surface area contributed by atoms with E-state index in [9.17, 15) is 0 Å². The Morgan fingerprint density at radius 1 is 1.50 bits per heavy atom. The molecule has 0 saturated heterocycles. The van der Waals surface area contributed by atoms with Gasteiger partial charge in [-0.3, -0.25) is 0 Å². The molecule has 1 N–H and O–H groups in total. The summed E-state index contributed by atoms with van der Waals surface area (Å²) in [5, 5.41) is 5.20. The zero-order valence-corrected chi connectivity index (χ0v) is 9.90. The van der Waals surface area contributed by atoms with Gasteiger partial charge in [-0.15, -0.1) is 0 Å². The van der Waals surface area contributed by atoms with Gasteiger partial charge in [0, 0.05) is 22.8 Å². The number of rotatable bonds is 3. The molecule has 2 rings (SSSR count). The molecule has 5 heteroatoms. The molecule has 78 valence electrons. The quantitative estimate of drug-likeness (QED) is 0.864. The molecule has 0 aromatic carbocycles. The number of nitrogens with one attached hydrogen (secondary N) is 1. The largest absolute Gasteiger partial charge is 0.356 e. The Labute approximate surface area is 92.9 Å². The van der Waals surface area contributed by atoms with Gasteiger partial charge in [0.15, 0.2) is 0 Å². The predicted octanol–water partition coefficient (Wildman–Crippen LogP) is 2.62. The first kappa shape index (κ1) is 10.2. The van der Waals surface area contributed by atoms with Crippen LogP contribution in [0, 0.1) is 0 Å². The van der Waals surface area contributed by atoms with Crippen molar-refractivity contribution in [3.8, 4) is 0 Å². The molecule has 0 amide bonds. The average Bonchev–Trinajstić information content (AvgIpc) is 2.71. The molecule has 0 aliphatic heterocycles. The van der Waals surface area contributed by atoms with Gasteiger partial charge in [-0.1, -0.05) is 12.8 Å². The van der Waals surface area contributed by atoms with Crippen molar-refractivity contribution in [2.45, 2.75) is 37.0 Å². The van der Waals surface area contributed by atoms with Gasteiger partial charge < -0.3 is 5.32 Å². The zero-order valence-electron chi connectivity index (χ0n) is 8.27. The maximum absolute atomic E-state index is 4.17. The zero-order chi connectivity index (χ0) is 9.80. The maximum Gasteiger partial charge on any atom is 0.202 e. The summed E-state index contributed by atoms with van der Waals surface area (Å²) in [6.45, 7) is 0. The molecule has 1 aliphatic carbocycles. The summed E-state index contributed by atoms with van der Waals surface area (Å²) in [5.41, 5.74) is 0. The lowest BCUT2D eigenvalue weighted by atomic mass is 9.95. The van der Waals surface area contributed by atoms with Crippen LogP contribution in [0.15, 0.2) is 6.33 Å². The van der Waals surface area contributed by atoms with E-state index >= 15 is 0 Å². The maximum atomic E-state index is 4.17. The van der Waals surface area contributed by atoms with E-state index in [4.69, 9.17) is 0 Å². The SMILES string of the molecule is CSC1CCCCC1Nc1ncns1. The number of nitrogens with zero attached hydrogens (tertiary/aromatic N) is 2. The Morgan fingerprint density at radius 3 is 3.07 bits per heavy atom. The van der Waals surface area contributed by atoms with Crippen molar-refractivity contribution in [3.05, 3.63) is 6.33 Å². The van der Waals surface area contributed by atoms with Gasteiger partial charge in [-0.05, 0) is 19.1 Å². The lowest BCUT2D eigenvalue weighted by Crippen LogP contribution is -2.34. The summed E-state index contributed by atoms with van der Waals surface area (Å²) >= 11 is 3.42. The number of aromatic nitrogens is 2. The fourth-order valence-corrected chi connectivity index (χ4v) is 3.37.